The van der Waals surface area contributed by atoms with Crippen LogP contribution in [-0.2, 0) is 16.0 Å². The van der Waals surface area contributed by atoms with E-state index in [2.05, 4.69) is 30.1 Å². The minimum absolute atomic E-state index is 0.658. The molecule has 0 spiro atoms. The van der Waals surface area contributed by atoms with Gasteiger partial charge in [0.2, 0.25) is 0 Å². The third kappa shape index (κ3) is 3.42. The Labute approximate surface area is 107 Å². The van der Waals surface area contributed by atoms with Crippen molar-refractivity contribution in [2.45, 2.75) is 13.3 Å². The molecule has 2 aromatic rings. The van der Waals surface area contributed by atoms with Crippen molar-refractivity contribution >= 4 is 38.6 Å². The molecule has 6 nitrogen and oxygen atoms in total. The van der Waals surface area contributed by atoms with Gasteiger partial charge >= 0.3 is 11.9 Å². The first-order chi connectivity index (χ1) is 8.45. The Balaban J connectivity index is 0.000000232. The number of anilines is 1. The highest BCUT2D eigenvalue weighted by atomic mass is 32.1. The van der Waals surface area contributed by atoms with Crippen molar-refractivity contribution in [2.24, 2.45) is 0 Å². The Morgan fingerprint density at radius 1 is 1.33 bits per heavy atom. The molecule has 0 atom stereocenters. The van der Waals surface area contributed by atoms with Gasteiger partial charge in [-0.2, -0.15) is 0 Å². The smallest absolute Gasteiger partial charge is 0.414 e. The normalized spacial score (nSPS) is 9.61. The fourth-order valence-corrected chi connectivity index (χ4v) is 2.09. The number of carboxylic acids is 2. The van der Waals surface area contributed by atoms with Gasteiger partial charge in [-0.15, -0.1) is 0 Å². The van der Waals surface area contributed by atoms with E-state index in [1.54, 1.807) is 11.3 Å². The molecule has 0 saturated carbocycles. The lowest BCUT2D eigenvalue weighted by Crippen LogP contribution is -2.09. The van der Waals surface area contributed by atoms with Gasteiger partial charge < -0.3 is 15.9 Å². The SMILES string of the molecule is CCc1cccc2sc(N)nc12.O=C(O)C(=O)O. The zero-order valence-corrected chi connectivity index (χ0v) is 10.4. The number of hydrogen-bond acceptors (Lipinski definition) is 5. The summed E-state index contributed by atoms with van der Waals surface area (Å²) in [5.41, 5.74) is 7.97. The van der Waals surface area contributed by atoms with E-state index in [1.807, 2.05) is 0 Å². The van der Waals surface area contributed by atoms with E-state index in [1.165, 1.54) is 10.3 Å². The maximum Gasteiger partial charge on any atom is 0.414 e. The largest absolute Gasteiger partial charge is 0.473 e. The second-order valence-corrected chi connectivity index (χ2v) is 4.34. The van der Waals surface area contributed by atoms with Gasteiger partial charge in [0, 0.05) is 0 Å². The number of aryl methyl sites for hydroxylation is 1. The van der Waals surface area contributed by atoms with Crippen LogP contribution in [0.4, 0.5) is 5.13 Å². The standard InChI is InChI=1S/C9H10N2S.C2H2O4/c1-2-6-4-3-5-7-8(6)11-9(10)12-7;3-1(4)2(5)6/h3-5H,2H2,1H3,(H2,10,11);(H,3,4)(H,5,6). The second-order valence-electron chi connectivity index (χ2n) is 3.28. The molecule has 0 aliphatic rings. The molecule has 96 valence electrons. The fourth-order valence-electron chi connectivity index (χ4n) is 1.31. The monoisotopic (exact) mass is 268 g/mol. The van der Waals surface area contributed by atoms with Gasteiger partial charge in [-0.1, -0.05) is 30.4 Å². The molecule has 1 heterocycles. The Kier molecular flexibility index (Phi) is 4.61. The van der Waals surface area contributed by atoms with E-state index in [0.717, 1.165) is 11.9 Å². The van der Waals surface area contributed by atoms with Gasteiger partial charge in [0.15, 0.2) is 5.13 Å². The van der Waals surface area contributed by atoms with Crippen molar-refractivity contribution in [3.05, 3.63) is 23.8 Å². The Morgan fingerprint density at radius 3 is 2.44 bits per heavy atom. The number of benzene rings is 1. The molecule has 2 rings (SSSR count). The minimum Gasteiger partial charge on any atom is -0.473 e. The lowest BCUT2D eigenvalue weighted by Gasteiger charge is -1.95. The number of rotatable bonds is 1. The van der Waals surface area contributed by atoms with Crippen LogP contribution in [0.25, 0.3) is 10.2 Å². The van der Waals surface area contributed by atoms with Gasteiger partial charge in [-0.25, -0.2) is 14.6 Å². The molecule has 0 bridgehead atoms. The lowest BCUT2D eigenvalue weighted by atomic mass is 10.1. The highest BCUT2D eigenvalue weighted by Crippen LogP contribution is 2.26. The quantitative estimate of drug-likeness (QED) is 0.677. The van der Waals surface area contributed by atoms with Gasteiger partial charge in [0.1, 0.15) is 0 Å². The van der Waals surface area contributed by atoms with E-state index >= 15 is 0 Å². The number of hydrogen-bond donors (Lipinski definition) is 3. The van der Waals surface area contributed by atoms with Crippen molar-refractivity contribution in [3.8, 4) is 0 Å². The van der Waals surface area contributed by atoms with E-state index in [4.69, 9.17) is 25.5 Å². The van der Waals surface area contributed by atoms with E-state index < -0.39 is 11.9 Å². The number of nitrogens with zero attached hydrogens (tertiary/aromatic N) is 1. The molecule has 0 aliphatic carbocycles. The number of aliphatic carboxylic acids is 2. The maximum atomic E-state index is 9.10. The number of aromatic nitrogens is 1. The summed E-state index contributed by atoms with van der Waals surface area (Å²) >= 11 is 1.55. The van der Waals surface area contributed by atoms with Crippen LogP contribution in [0.3, 0.4) is 0 Å². The van der Waals surface area contributed by atoms with Gasteiger partial charge in [-0.05, 0) is 18.1 Å². The minimum atomic E-state index is -1.82. The average molecular weight is 268 g/mol. The van der Waals surface area contributed by atoms with E-state index in [9.17, 15) is 0 Å². The van der Waals surface area contributed by atoms with Gasteiger partial charge in [0.05, 0.1) is 10.2 Å². The van der Waals surface area contributed by atoms with E-state index in [-0.39, 0.29) is 0 Å². The van der Waals surface area contributed by atoms with Crippen molar-refractivity contribution < 1.29 is 19.8 Å². The molecule has 18 heavy (non-hydrogen) atoms. The highest BCUT2D eigenvalue weighted by molar-refractivity contribution is 7.22. The van der Waals surface area contributed by atoms with Crippen LogP contribution in [-0.4, -0.2) is 27.1 Å². The van der Waals surface area contributed by atoms with Gasteiger partial charge in [0.25, 0.3) is 0 Å². The van der Waals surface area contributed by atoms with E-state index in [0.29, 0.717) is 5.13 Å². The summed E-state index contributed by atoms with van der Waals surface area (Å²) in [6.45, 7) is 2.13. The Hall–Kier alpha value is -2.15. The zero-order valence-electron chi connectivity index (χ0n) is 9.58. The Morgan fingerprint density at radius 2 is 1.94 bits per heavy atom. The molecule has 0 saturated heterocycles. The maximum absolute atomic E-state index is 9.10. The number of carbonyl (C=O) groups is 2. The number of para-hydroxylation sites is 1. The van der Waals surface area contributed by atoms with Crippen LogP contribution in [0.2, 0.25) is 0 Å². The molecule has 0 radical (unpaired) electrons. The predicted molar refractivity (Wildman–Crippen MR) is 68.7 cm³/mol. The summed E-state index contributed by atoms with van der Waals surface area (Å²) in [5.74, 6) is -3.65. The van der Waals surface area contributed by atoms with Crippen LogP contribution in [0.1, 0.15) is 12.5 Å². The van der Waals surface area contributed by atoms with Crippen LogP contribution in [0, 0.1) is 0 Å². The summed E-state index contributed by atoms with van der Waals surface area (Å²) in [6.07, 6.45) is 1.01. The third-order valence-corrected chi connectivity index (χ3v) is 2.93. The van der Waals surface area contributed by atoms with Crippen LogP contribution >= 0.6 is 11.3 Å². The average Bonchev–Trinajstić information content (AvgIpc) is 2.69. The predicted octanol–water partition coefficient (Wildman–Crippen LogP) is 1.60. The van der Waals surface area contributed by atoms with Gasteiger partial charge in [-0.3, -0.25) is 0 Å². The van der Waals surface area contributed by atoms with Crippen LogP contribution in [0.15, 0.2) is 18.2 Å². The molecule has 1 aromatic carbocycles. The molecule has 4 N–H and O–H groups in total. The van der Waals surface area contributed by atoms with Crippen molar-refractivity contribution in [1.82, 2.24) is 4.98 Å². The van der Waals surface area contributed by atoms with Crippen LogP contribution in [0.5, 0.6) is 0 Å². The van der Waals surface area contributed by atoms with Crippen LogP contribution < -0.4 is 5.73 Å². The summed E-state index contributed by atoms with van der Waals surface area (Å²) in [4.78, 5) is 22.5. The lowest BCUT2D eigenvalue weighted by molar-refractivity contribution is -0.159. The van der Waals surface area contributed by atoms with Crippen molar-refractivity contribution in [2.75, 3.05) is 5.73 Å². The molecule has 0 unspecified atom stereocenters. The van der Waals surface area contributed by atoms with Crippen molar-refractivity contribution in [1.29, 1.82) is 0 Å². The first-order valence-electron chi connectivity index (χ1n) is 5.05. The molecule has 0 amide bonds. The number of nitrogens with two attached hydrogens (primary N) is 1. The summed E-state index contributed by atoms with van der Waals surface area (Å²) in [5, 5.41) is 15.4. The second kappa shape index (κ2) is 5.97. The number of nitrogen functional groups attached to an aromatic ring is 1. The number of fused-ring (bicyclic) bond motifs is 1. The van der Waals surface area contributed by atoms with Crippen molar-refractivity contribution in [3.63, 3.8) is 0 Å². The molecule has 0 fully saturated rings. The highest BCUT2D eigenvalue weighted by Gasteiger charge is 2.04. The summed E-state index contributed by atoms with van der Waals surface area (Å²) in [6, 6.07) is 6.21. The molecule has 1 aromatic heterocycles. The molecule has 0 aliphatic heterocycles. The summed E-state index contributed by atoms with van der Waals surface area (Å²) in [7, 11) is 0. The fraction of sp³-hybridized carbons (Fsp3) is 0.182. The number of thiazole rings is 1. The first-order valence-corrected chi connectivity index (χ1v) is 5.87. The Bertz CT molecular complexity index is 567. The topological polar surface area (TPSA) is 114 Å². The third-order valence-electron chi connectivity index (χ3n) is 2.08. The molecule has 7 heteroatoms. The molecular formula is C11H12N2O4S. The zero-order chi connectivity index (χ0) is 13.7. The summed E-state index contributed by atoms with van der Waals surface area (Å²) < 4.78 is 1.19. The number of carboxylic acid groups (broad SMARTS) is 2. The molecular weight excluding hydrogens is 256 g/mol. The first kappa shape index (κ1) is 13.9.